The van der Waals surface area contributed by atoms with E-state index < -0.39 is 0 Å². The van der Waals surface area contributed by atoms with Crippen LogP contribution in [0.1, 0.15) is 24.3 Å². The van der Waals surface area contributed by atoms with Crippen LogP contribution in [-0.4, -0.2) is 23.0 Å². The Morgan fingerprint density at radius 3 is 2.23 bits per heavy atom. The number of H-pyrrole nitrogens is 1. The van der Waals surface area contributed by atoms with Gasteiger partial charge in [-0.05, 0) is 32.0 Å². The second-order valence-electron chi connectivity index (χ2n) is 6.11. The molecule has 0 aliphatic carbocycles. The number of halogens is 1. The molecule has 0 saturated heterocycles. The van der Waals surface area contributed by atoms with Gasteiger partial charge in [0, 0.05) is 16.9 Å². The minimum absolute atomic E-state index is 0.00177. The van der Waals surface area contributed by atoms with Crippen molar-refractivity contribution < 1.29 is 9.59 Å². The normalized spacial score (nSPS) is 10.8. The Morgan fingerprint density at radius 2 is 1.58 bits per heavy atom. The average Bonchev–Trinajstić information content (AvgIpc) is 2.93. The summed E-state index contributed by atoms with van der Waals surface area (Å²) < 4.78 is 0. The third kappa shape index (κ3) is 3.81. The van der Waals surface area contributed by atoms with Gasteiger partial charge in [0.15, 0.2) is 0 Å². The van der Waals surface area contributed by atoms with Crippen molar-refractivity contribution in [2.45, 2.75) is 19.9 Å². The van der Waals surface area contributed by atoms with Crippen LogP contribution in [0.4, 0.5) is 16.2 Å². The van der Waals surface area contributed by atoms with Gasteiger partial charge in [0.1, 0.15) is 5.69 Å². The highest BCUT2D eigenvalue weighted by atomic mass is 35.5. The smallest absolute Gasteiger partial charge is 0.319 e. The lowest BCUT2D eigenvalue weighted by Crippen LogP contribution is -2.34. The fourth-order valence-electron chi connectivity index (χ4n) is 2.57. The molecule has 7 heteroatoms. The Morgan fingerprint density at radius 1 is 0.962 bits per heavy atom. The predicted molar refractivity (Wildman–Crippen MR) is 105 cm³/mol. The average molecular weight is 371 g/mol. The zero-order chi connectivity index (χ0) is 18.7. The summed E-state index contributed by atoms with van der Waals surface area (Å²) in [7, 11) is 0. The molecule has 0 aliphatic heterocycles. The first-order valence-corrected chi connectivity index (χ1v) is 8.57. The molecule has 6 nitrogen and oxygen atoms in total. The molecular weight excluding hydrogens is 352 g/mol. The van der Waals surface area contributed by atoms with E-state index in [-0.39, 0.29) is 23.7 Å². The molecule has 134 valence electrons. The molecule has 2 aromatic carbocycles. The lowest BCUT2D eigenvalue weighted by Gasteiger charge is -2.14. The lowest BCUT2D eigenvalue weighted by atomic mass is 10.2. The van der Waals surface area contributed by atoms with Gasteiger partial charge in [-0.3, -0.25) is 4.79 Å². The predicted octanol–water partition coefficient (Wildman–Crippen LogP) is 4.60. The first kappa shape index (κ1) is 17.8. The number of hydrogen-bond donors (Lipinski definition) is 4. The summed E-state index contributed by atoms with van der Waals surface area (Å²) in [4.78, 5) is 27.6. The summed E-state index contributed by atoms with van der Waals surface area (Å²) in [6, 6.07) is 14.0. The zero-order valence-corrected chi connectivity index (χ0v) is 15.1. The molecule has 26 heavy (non-hydrogen) atoms. The van der Waals surface area contributed by atoms with Crippen LogP contribution in [0.25, 0.3) is 10.9 Å². The molecular formula is C19H19ClN4O2. The van der Waals surface area contributed by atoms with Gasteiger partial charge in [-0.25, -0.2) is 4.79 Å². The van der Waals surface area contributed by atoms with E-state index in [1.807, 2.05) is 38.1 Å². The Kier molecular flexibility index (Phi) is 5.14. The molecule has 0 aliphatic rings. The second kappa shape index (κ2) is 7.49. The molecule has 0 fully saturated rings. The van der Waals surface area contributed by atoms with Crippen molar-refractivity contribution in [1.82, 2.24) is 10.3 Å². The summed E-state index contributed by atoms with van der Waals surface area (Å²) in [5.41, 5.74) is 2.03. The number of hydrogen-bond acceptors (Lipinski definition) is 2. The summed E-state index contributed by atoms with van der Waals surface area (Å²) >= 11 is 6.33. The molecule has 3 rings (SSSR count). The van der Waals surface area contributed by atoms with E-state index in [2.05, 4.69) is 20.9 Å². The number of benzene rings is 2. The van der Waals surface area contributed by atoms with Crippen molar-refractivity contribution in [3.05, 3.63) is 59.2 Å². The van der Waals surface area contributed by atoms with Gasteiger partial charge in [0.05, 0.1) is 16.4 Å². The molecule has 3 amide bonds. The van der Waals surface area contributed by atoms with Crippen molar-refractivity contribution in [3.63, 3.8) is 0 Å². The number of amides is 3. The molecule has 0 saturated carbocycles. The number of rotatable bonds is 4. The van der Waals surface area contributed by atoms with E-state index in [1.165, 1.54) is 0 Å². The minimum Gasteiger partial charge on any atom is -0.349 e. The number of anilines is 2. The molecule has 1 heterocycles. The van der Waals surface area contributed by atoms with Gasteiger partial charge >= 0.3 is 6.03 Å². The van der Waals surface area contributed by atoms with E-state index in [0.717, 1.165) is 10.9 Å². The largest absolute Gasteiger partial charge is 0.349 e. The molecule has 1 aromatic heterocycles. The van der Waals surface area contributed by atoms with Gasteiger partial charge in [-0.15, -0.1) is 0 Å². The van der Waals surface area contributed by atoms with Crippen LogP contribution in [0, 0.1) is 0 Å². The van der Waals surface area contributed by atoms with E-state index in [4.69, 9.17) is 11.6 Å². The number of carbonyl (C=O) groups is 2. The molecule has 0 atom stereocenters. The van der Waals surface area contributed by atoms with Crippen LogP contribution >= 0.6 is 11.6 Å². The van der Waals surface area contributed by atoms with Gasteiger partial charge in [-0.1, -0.05) is 41.9 Å². The van der Waals surface area contributed by atoms with Gasteiger partial charge in [-0.2, -0.15) is 0 Å². The van der Waals surface area contributed by atoms with Crippen LogP contribution in [0.15, 0.2) is 48.5 Å². The second-order valence-corrected chi connectivity index (χ2v) is 6.49. The van der Waals surface area contributed by atoms with E-state index in [1.54, 1.807) is 24.3 Å². The molecule has 0 spiro atoms. The highest BCUT2D eigenvalue weighted by Gasteiger charge is 2.17. The third-order valence-corrected chi connectivity index (χ3v) is 4.11. The maximum absolute atomic E-state index is 12.7. The van der Waals surface area contributed by atoms with Crippen molar-refractivity contribution >= 4 is 45.8 Å². The first-order chi connectivity index (χ1) is 12.5. The zero-order valence-electron chi connectivity index (χ0n) is 14.4. The fourth-order valence-corrected chi connectivity index (χ4v) is 2.87. The number of fused-ring (bicyclic) bond motifs is 1. The highest BCUT2D eigenvalue weighted by molar-refractivity contribution is 6.39. The summed E-state index contributed by atoms with van der Waals surface area (Å²) in [6.07, 6.45) is 0. The molecule has 0 bridgehead atoms. The van der Waals surface area contributed by atoms with E-state index >= 15 is 0 Å². The first-order valence-electron chi connectivity index (χ1n) is 8.20. The Bertz CT molecular complexity index is 965. The van der Waals surface area contributed by atoms with Crippen LogP contribution in [-0.2, 0) is 0 Å². The number of carbonyl (C=O) groups excluding carboxylic acids is 2. The van der Waals surface area contributed by atoms with Gasteiger partial charge in [0.2, 0.25) is 0 Å². The maximum Gasteiger partial charge on any atom is 0.319 e. The molecule has 0 radical (unpaired) electrons. The van der Waals surface area contributed by atoms with Gasteiger partial charge in [0.25, 0.3) is 5.91 Å². The van der Waals surface area contributed by atoms with Crippen molar-refractivity contribution in [2.75, 3.05) is 10.6 Å². The van der Waals surface area contributed by atoms with Crippen LogP contribution in [0.5, 0.6) is 0 Å². The molecule has 0 unspecified atom stereocenters. The Labute approximate surface area is 155 Å². The van der Waals surface area contributed by atoms with Crippen LogP contribution in [0.3, 0.4) is 0 Å². The topological polar surface area (TPSA) is 86.0 Å². The fraction of sp³-hybridized carbons (Fsp3) is 0.158. The summed E-state index contributed by atoms with van der Waals surface area (Å²) in [6.45, 7) is 3.73. The van der Waals surface area contributed by atoms with Gasteiger partial charge < -0.3 is 20.9 Å². The minimum atomic E-state index is -0.385. The number of nitrogens with one attached hydrogen (secondary N) is 4. The summed E-state index contributed by atoms with van der Waals surface area (Å²) in [5.74, 6) is -0.385. The number of aromatic amines is 1. The van der Waals surface area contributed by atoms with Crippen molar-refractivity contribution in [3.8, 4) is 0 Å². The number of aromatic nitrogens is 1. The molecule has 4 N–H and O–H groups in total. The van der Waals surface area contributed by atoms with Crippen LogP contribution in [0.2, 0.25) is 5.02 Å². The Hall–Kier alpha value is -2.99. The number of urea groups is 1. The quantitative estimate of drug-likeness (QED) is 0.540. The highest BCUT2D eigenvalue weighted by Crippen LogP contribution is 2.29. The standard InChI is InChI=1S/C19H19ClN4O2/c1-11(2)21-19(26)24-15-10-6-5-9-14(15)23-18(25)17-16(20)12-7-3-4-8-13(12)22-17/h3-11,22H,1-2H3,(H,23,25)(H2,21,24,26). The van der Waals surface area contributed by atoms with Crippen molar-refractivity contribution in [2.24, 2.45) is 0 Å². The van der Waals surface area contributed by atoms with Crippen molar-refractivity contribution in [1.29, 1.82) is 0 Å². The Balaban J connectivity index is 1.83. The number of para-hydroxylation sites is 3. The van der Waals surface area contributed by atoms with E-state index in [0.29, 0.717) is 16.4 Å². The monoisotopic (exact) mass is 370 g/mol. The van der Waals surface area contributed by atoms with E-state index in [9.17, 15) is 9.59 Å². The maximum atomic E-state index is 12.7. The summed E-state index contributed by atoms with van der Waals surface area (Å²) in [5, 5.41) is 9.40. The third-order valence-electron chi connectivity index (χ3n) is 3.71. The van der Waals surface area contributed by atoms with Crippen LogP contribution < -0.4 is 16.0 Å². The SMILES string of the molecule is CC(C)NC(=O)Nc1ccccc1NC(=O)c1[nH]c2ccccc2c1Cl. The lowest BCUT2D eigenvalue weighted by molar-refractivity contribution is 0.102. The molecule has 3 aromatic rings.